The Morgan fingerprint density at radius 2 is 2.26 bits per heavy atom. The number of benzene rings is 1. The summed E-state index contributed by atoms with van der Waals surface area (Å²) in [7, 11) is 1.75. The Balaban J connectivity index is 2.16. The van der Waals surface area contributed by atoms with Crippen LogP contribution in [0, 0.1) is 0 Å². The Morgan fingerprint density at radius 1 is 1.42 bits per heavy atom. The van der Waals surface area contributed by atoms with Crippen LogP contribution in [0.15, 0.2) is 24.5 Å². The number of hydrogen-bond donors (Lipinski definition) is 1. The molecule has 0 radical (unpaired) electrons. The van der Waals surface area contributed by atoms with E-state index in [1.807, 2.05) is 0 Å². The van der Waals surface area contributed by atoms with Crippen LogP contribution in [0.4, 0.5) is 14.5 Å². The molecular weight excluding hydrogens is 252 g/mol. The lowest BCUT2D eigenvalue weighted by molar-refractivity contribution is 0.152. The van der Waals surface area contributed by atoms with Crippen molar-refractivity contribution in [1.82, 2.24) is 9.78 Å². The van der Waals surface area contributed by atoms with Gasteiger partial charge in [-0.15, -0.1) is 0 Å². The number of aromatic nitrogens is 2. The third-order valence-electron chi connectivity index (χ3n) is 3.08. The van der Waals surface area contributed by atoms with E-state index >= 15 is 0 Å². The van der Waals surface area contributed by atoms with Gasteiger partial charge in [0.2, 0.25) is 0 Å². The fourth-order valence-corrected chi connectivity index (χ4v) is 2.19. The fraction of sp³-hybridized carbons (Fsp3) is 0.308. The number of nitrogens with one attached hydrogen (secondary N) is 1. The van der Waals surface area contributed by atoms with E-state index in [-0.39, 0.29) is 5.56 Å². The zero-order valence-corrected chi connectivity index (χ0v) is 10.4. The zero-order valence-electron chi connectivity index (χ0n) is 10.4. The molecule has 3 rings (SSSR count). The highest BCUT2D eigenvalue weighted by Gasteiger charge is 2.21. The SMILES string of the molecule is Cn1cc(-c2cc3c(cc2C(F)F)NCCO3)cn1. The van der Waals surface area contributed by atoms with Gasteiger partial charge in [-0.25, -0.2) is 8.78 Å². The van der Waals surface area contributed by atoms with Crippen molar-refractivity contribution in [1.29, 1.82) is 0 Å². The molecule has 0 atom stereocenters. The Labute approximate surface area is 109 Å². The monoisotopic (exact) mass is 265 g/mol. The Morgan fingerprint density at radius 3 is 2.95 bits per heavy atom. The molecule has 0 bridgehead atoms. The van der Waals surface area contributed by atoms with Crippen molar-refractivity contribution >= 4 is 5.69 Å². The van der Waals surface area contributed by atoms with Crippen molar-refractivity contribution in [3.63, 3.8) is 0 Å². The molecule has 2 aromatic rings. The maximum Gasteiger partial charge on any atom is 0.264 e. The summed E-state index contributed by atoms with van der Waals surface area (Å²) in [6.45, 7) is 1.16. The van der Waals surface area contributed by atoms with Gasteiger partial charge in [-0.3, -0.25) is 4.68 Å². The van der Waals surface area contributed by atoms with Crippen LogP contribution in [0.5, 0.6) is 5.75 Å². The largest absolute Gasteiger partial charge is 0.490 e. The maximum absolute atomic E-state index is 13.2. The van der Waals surface area contributed by atoms with Crippen LogP contribution >= 0.6 is 0 Å². The van der Waals surface area contributed by atoms with Gasteiger partial charge in [0.15, 0.2) is 0 Å². The highest BCUT2D eigenvalue weighted by molar-refractivity contribution is 5.74. The van der Waals surface area contributed by atoms with Crippen molar-refractivity contribution in [3.05, 3.63) is 30.1 Å². The van der Waals surface area contributed by atoms with Crippen LogP contribution in [-0.2, 0) is 7.05 Å². The molecule has 0 spiro atoms. The van der Waals surface area contributed by atoms with Crippen molar-refractivity contribution in [2.24, 2.45) is 7.05 Å². The highest BCUT2D eigenvalue weighted by atomic mass is 19.3. The number of aryl methyl sites for hydroxylation is 1. The lowest BCUT2D eigenvalue weighted by Crippen LogP contribution is -2.18. The Kier molecular flexibility index (Phi) is 2.85. The highest BCUT2D eigenvalue weighted by Crippen LogP contribution is 2.39. The van der Waals surface area contributed by atoms with Gasteiger partial charge in [0.05, 0.1) is 11.9 Å². The number of hydrogen-bond acceptors (Lipinski definition) is 3. The van der Waals surface area contributed by atoms with Gasteiger partial charge in [0.25, 0.3) is 6.43 Å². The first kappa shape index (κ1) is 12.0. The average Bonchev–Trinajstić information content (AvgIpc) is 2.83. The van der Waals surface area contributed by atoms with Gasteiger partial charge in [-0.05, 0) is 17.7 Å². The summed E-state index contributed by atoms with van der Waals surface area (Å²) in [6, 6.07) is 3.11. The lowest BCUT2D eigenvalue weighted by Gasteiger charge is -2.21. The molecule has 1 N–H and O–H groups in total. The molecule has 19 heavy (non-hydrogen) atoms. The average molecular weight is 265 g/mol. The molecule has 100 valence electrons. The van der Waals surface area contributed by atoms with E-state index in [1.54, 1.807) is 30.2 Å². The van der Waals surface area contributed by atoms with E-state index < -0.39 is 6.43 Å². The van der Waals surface area contributed by atoms with E-state index in [4.69, 9.17) is 4.74 Å². The van der Waals surface area contributed by atoms with Gasteiger partial charge in [-0.1, -0.05) is 0 Å². The molecule has 1 aromatic heterocycles. The van der Waals surface area contributed by atoms with Crippen LogP contribution in [-0.4, -0.2) is 22.9 Å². The van der Waals surface area contributed by atoms with E-state index in [0.29, 0.717) is 35.7 Å². The quantitative estimate of drug-likeness (QED) is 0.907. The van der Waals surface area contributed by atoms with Crippen molar-refractivity contribution in [2.75, 3.05) is 18.5 Å². The second-order valence-electron chi connectivity index (χ2n) is 4.41. The molecule has 0 amide bonds. The number of rotatable bonds is 2. The lowest BCUT2D eigenvalue weighted by atomic mass is 10.0. The van der Waals surface area contributed by atoms with Crippen LogP contribution in [0.3, 0.4) is 0 Å². The van der Waals surface area contributed by atoms with Crippen LogP contribution < -0.4 is 10.1 Å². The van der Waals surface area contributed by atoms with E-state index in [2.05, 4.69) is 10.4 Å². The fourth-order valence-electron chi connectivity index (χ4n) is 2.19. The minimum Gasteiger partial charge on any atom is -0.490 e. The number of ether oxygens (including phenoxy) is 1. The van der Waals surface area contributed by atoms with E-state index in [0.717, 1.165) is 0 Å². The van der Waals surface area contributed by atoms with Crippen LogP contribution in [0.2, 0.25) is 0 Å². The molecule has 6 heteroatoms. The third-order valence-corrected chi connectivity index (χ3v) is 3.08. The minimum atomic E-state index is -2.54. The number of anilines is 1. The molecule has 0 saturated heterocycles. The molecule has 0 saturated carbocycles. The van der Waals surface area contributed by atoms with Crippen LogP contribution in [0.1, 0.15) is 12.0 Å². The first-order valence-corrected chi connectivity index (χ1v) is 5.97. The zero-order chi connectivity index (χ0) is 13.4. The second kappa shape index (κ2) is 4.53. The van der Waals surface area contributed by atoms with Crippen molar-refractivity contribution < 1.29 is 13.5 Å². The first-order chi connectivity index (χ1) is 9.15. The molecule has 1 aliphatic rings. The molecule has 2 heterocycles. The van der Waals surface area contributed by atoms with E-state index in [1.165, 1.54) is 6.07 Å². The van der Waals surface area contributed by atoms with Crippen molar-refractivity contribution in [2.45, 2.75) is 6.43 Å². The van der Waals surface area contributed by atoms with Crippen molar-refractivity contribution in [3.8, 4) is 16.9 Å². The Hall–Kier alpha value is -2.11. The van der Waals surface area contributed by atoms with Gasteiger partial charge < -0.3 is 10.1 Å². The molecule has 4 nitrogen and oxygen atoms in total. The second-order valence-corrected chi connectivity index (χ2v) is 4.41. The Bertz CT molecular complexity index is 610. The number of alkyl halides is 2. The summed E-state index contributed by atoms with van der Waals surface area (Å²) < 4.78 is 33.5. The van der Waals surface area contributed by atoms with Crippen LogP contribution in [0.25, 0.3) is 11.1 Å². The number of fused-ring (bicyclic) bond motifs is 1. The summed E-state index contributed by atoms with van der Waals surface area (Å²) in [6.07, 6.45) is 0.748. The molecule has 1 aliphatic heterocycles. The van der Waals surface area contributed by atoms with E-state index in [9.17, 15) is 8.78 Å². The normalized spacial score (nSPS) is 13.9. The summed E-state index contributed by atoms with van der Waals surface area (Å²) in [4.78, 5) is 0. The predicted octanol–water partition coefficient (Wildman–Crippen LogP) is 2.83. The molecule has 1 aromatic carbocycles. The van der Waals surface area contributed by atoms with Gasteiger partial charge in [-0.2, -0.15) is 5.10 Å². The smallest absolute Gasteiger partial charge is 0.264 e. The summed E-state index contributed by atoms with van der Waals surface area (Å²) in [5.41, 5.74) is 1.74. The molecular formula is C13H13F2N3O. The van der Waals surface area contributed by atoms with Gasteiger partial charge in [0.1, 0.15) is 12.4 Å². The molecule has 0 unspecified atom stereocenters. The summed E-state index contributed by atoms with van der Waals surface area (Å²) >= 11 is 0. The standard InChI is InChI=1S/C13H13F2N3O/c1-18-7-8(6-17-18)9-5-12-11(16-2-3-19-12)4-10(9)13(14)15/h4-7,13,16H,2-3H2,1H3. The summed E-state index contributed by atoms with van der Waals surface area (Å²) in [5.74, 6) is 0.606. The summed E-state index contributed by atoms with van der Waals surface area (Å²) in [5, 5.41) is 7.08. The third kappa shape index (κ3) is 2.14. The maximum atomic E-state index is 13.2. The molecule has 0 aliphatic carbocycles. The molecule has 0 fully saturated rings. The number of halogens is 2. The minimum absolute atomic E-state index is 0.00949. The topological polar surface area (TPSA) is 39.1 Å². The van der Waals surface area contributed by atoms with Gasteiger partial charge in [0, 0.05) is 30.9 Å². The van der Waals surface area contributed by atoms with Gasteiger partial charge >= 0.3 is 0 Å². The first-order valence-electron chi connectivity index (χ1n) is 5.97. The number of nitrogens with zero attached hydrogens (tertiary/aromatic N) is 2. The predicted molar refractivity (Wildman–Crippen MR) is 67.6 cm³/mol.